The number of sulfonamides is 1. The van der Waals surface area contributed by atoms with Crippen LogP contribution in [-0.2, 0) is 10.0 Å². The van der Waals surface area contributed by atoms with Gasteiger partial charge < -0.3 is 10.1 Å². The summed E-state index contributed by atoms with van der Waals surface area (Å²) >= 11 is 5.98. The van der Waals surface area contributed by atoms with Crippen molar-refractivity contribution >= 4 is 38.1 Å². The Kier molecular flexibility index (Phi) is 4.34. The van der Waals surface area contributed by atoms with Crippen LogP contribution in [0.15, 0.2) is 58.5 Å². The Morgan fingerprint density at radius 2 is 1.88 bits per heavy atom. The van der Waals surface area contributed by atoms with Gasteiger partial charge in [0.1, 0.15) is 16.5 Å². The van der Waals surface area contributed by atoms with E-state index in [1.54, 1.807) is 50.4 Å². The lowest BCUT2D eigenvalue weighted by Crippen LogP contribution is -2.12. The number of halogens is 1. The van der Waals surface area contributed by atoms with Crippen LogP contribution in [-0.4, -0.2) is 21.4 Å². The summed E-state index contributed by atoms with van der Waals surface area (Å²) in [6, 6.07) is 13.9. The Labute approximate surface area is 145 Å². The summed E-state index contributed by atoms with van der Waals surface area (Å²) in [7, 11) is -2.24. The maximum absolute atomic E-state index is 12.5. The Morgan fingerprint density at radius 1 is 1.12 bits per heavy atom. The average molecular weight is 363 g/mol. The molecule has 0 amide bonds. The summed E-state index contributed by atoms with van der Waals surface area (Å²) in [5.74, 6) is 0.871. The summed E-state index contributed by atoms with van der Waals surface area (Å²) in [5, 5.41) is 3.50. The molecule has 3 rings (SSSR count). The molecule has 0 radical (unpaired) electrons. The van der Waals surface area contributed by atoms with Crippen LogP contribution in [0.3, 0.4) is 0 Å². The largest absolute Gasteiger partial charge is 0.495 e. The quantitative estimate of drug-likeness (QED) is 0.898. The fourth-order valence-corrected chi connectivity index (χ4v) is 4.14. The second kappa shape index (κ2) is 6.30. The normalized spacial score (nSPS) is 16.0. The molecule has 5 nitrogen and oxygen atoms in total. The number of nitrogens with one attached hydrogen (secondary N) is 1. The summed E-state index contributed by atoms with van der Waals surface area (Å²) in [6.07, 6.45) is 0. The molecular weight excluding hydrogens is 348 g/mol. The van der Waals surface area contributed by atoms with Crippen molar-refractivity contribution in [3.8, 4) is 5.75 Å². The van der Waals surface area contributed by atoms with E-state index < -0.39 is 10.0 Å². The number of hydrogen-bond donors (Lipinski definition) is 1. The van der Waals surface area contributed by atoms with Crippen LogP contribution in [0.25, 0.3) is 4.91 Å². The highest BCUT2D eigenvalue weighted by Gasteiger charge is 2.31. The highest BCUT2D eigenvalue weighted by molar-refractivity contribution is 8.00. The third-order valence-electron chi connectivity index (χ3n) is 3.61. The van der Waals surface area contributed by atoms with Crippen molar-refractivity contribution in [1.29, 1.82) is 0 Å². The van der Waals surface area contributed by atoms with Gasteiger partial charge in [0.15, 0.2) is 0 Å². The molecular formula is C17H15ClN2O3S. The van der Waals surface area contributed by atoms with Crippen molar-refractivity contribution in [1.82, 2.24) is 0 Å². The third-order valence-corrected chi connectivity index (χ3v) is 5.33. The van der Waals surface area contributed by atoms with E-state index in [1.807, 2.05) is 12.1 Å². The van der Waals surface area contributed by atoms with Crippen molar-refractivity contribution < 1.29 is 13.2 Å². The average Bonchev–Trinajstić information content (AvgIpc) is 2.76. The first-order valence-corrected chi connectivity index (χ1v) is 8.96. The van der Waals surface area contributed by atoms with Crippen molar-refractivity contribution in [2.75, 3.05) is 12.4 Å². The molecule has 0 bridgehead atoms. The number of hydrogen-bond acceptors (Lipinski definition) is 4. The first-order chi connectivity index (χ1) is 11.4. The molecule has 1 aliphatic rings. The summed E-state index contributed by atoms with van der Waals surface area (Å²) in [6.45, 7) is 1.71. The second-order valence-electron chi connectivity index (χ2n) is 5.20. The van der Waals surface area contributed by atoms with Gasteiger partial charge in [0, 0.05) is 10.6 Å². The van der Waals surface area contributed by atoms with Crippen LogP contribution in [0.5, 0.6) is 5.75 Å². The summed E-state index contributed by atoms with van der Waals surface area (Å²) < 4.78 is 34.1. The van der Waals surface area contributed by atoms with Crippen molar-refractivity contribution in [2.45, 2.75) is 6.92 Å². The second-order valence-corrected chi connectivity index (χ2v) is 7.18. The summed E-state index contributed by atoms with van der Waals surface area (Å²) in [5.41, 5.74) is 1.68. The number of benzene rings is 2. The van der Waals surface area contributed by atoms with Gasteiger partial charge in [-0.2, -0.15) is 8.42 Å². The number of rotatable bonds is 3. The molecule has 2 aromatic carbocycles. The fraction of sp³-hybridized carbons (Fsp3) is 0.118. The van der Waals surface area contributed by atoms with Gasteiger partial charge in [-0.25, -0.2) is 0 Å². The van der Waals surface area contributed by atoms with Gasteiger partial charge >= 0.3 is 0 Å². The summed E-state index contributed by atoms with van der Waals surface area (Å²) in [4.78, 5) is 0.155. The lowest BCUT2D eigenvalue weighted by Gasteiger charge is -2.11. The molecule has 0 saturated carbocycles. The molecule has 0 aliphatic carbocycles. The Balaban J connectivity index is 2.05. The molecule has 7 heteroatoms. The van der Waals surface area contributed by atoms with Gasteiger partial charge in [-0.3, -0.25) is 0 Å². The lowest BCUT2D eigenvalue weighted by molar-refractivity contribution is 0.417. The number of amidine groups is 1. The molecule has 24 heavy (non-hydrogen) atoms. The molecule has 0 unspecified atom stereocenters. The minimum Gasteiger partial charge on any atom is -0.495 e. The van der Waals surface area contributed by atoms with Crippen molar-refractivity contribution in [3.05, 3.63) is 64.7 Å². The molecule has 124 valence electrons. The standard InChI is InChI=1S/C17H15ClN2O3S/c1-11-16(12-6-5-7-13(18)10-12)24(21,22)20-17(11)19-14-8-3-4-9-15(14)23-2/h3-10H,1-2H3,(H,19,20). The highest BCUT2D eigenvalue weighted by atomic mass is 35.5. The van der Waals surface area contributed by atoms with Crippen LogP contribution in [0.1, 0.15) is 12.5 Å². The van der Waals surface area contributed by atoms with Crippen LogP contribution in [0.2, 0.25) is 5.02 Å². The molecule has 0 fully saturated rings. The van der Waals surface area contributed by atoms with Crippen molar-refractivity contribution in [2.24, 2.45) is 4.40 Å². The SMILES string of the molecule is COc1ccccc1NC1=NS(=O)(=O)C(c2cccc(Cl)c2)=C1C. The number of nitrogens with zero attached hydrogens (tertiary/aromatic N) is 1. The van der Waals surface area contributed by atoms with E-state index in [1.165, 1.54) is 0 Å². The Hall–Kier alpha value is -2.31. The van der Waals surface area contributed by atoms with E-state index in [9.17, 15) is 8.42 Å². The van der Waals surface area contributed by atoms with E-state index in [4.69, 9.17) is 16.3 Å². The molecule has 1 heterocycles. The topological polar surface area (TPSA) is 67.8 Å². The van der Waals surface area contributed by atoms with Gasteiger partial charge in [0.2, 0.25) is 0 Å². The van der Waals surface area contributed by atoms with E-state index in [0.29, 0.717) is 27.6 Å². The van der Waals surface area contributed by atoms with Crippen molar-refractivity contribution in [3.63, 3.8) is 0 Å². The molecule has 1 aliphatic heterocycles. The Bertz CT molecular complexity index is 965. The monoisotopic (exact) mass is 362 g/mol. The van der Waals surface area contributed by atoms with E-state index in [-0.39, 0.29) is 10.7 Å². The lowest BCUT2D eigenvalue weighted by atomic mass is 10.1. The molecule has 2 aromatic rings. The Morgan fingerprint density at radius 3 is 2.58 bits per heavy atom. The first kappa shape index (κ1) is 16.5. The van der Waals surface area contributed by atoms with E-state index in [0.717, 1.165) is 0 Å². The molecule has 0 saturated heterocycles. The highest BCUT2D eigenvalue weighted by Crippen LogP contribution is 2.35. The predicted molar refractivity (Wildman–Crippen MR) is 97.0 cm³/mol. The molecule has 0 spiro atoms. The van der Waals surface area contributed by atoms with Crippen LogP contribution >= 0.6 is 11.6 Å². The first-order valence-electron chi connectivity index (χ1n) is 7.14. The van der Waals surface area contributed by atoms with Crippen LogP contribution in [0, 0.1) is 0 Å². The number of anilines is 1. The van der Waals surface area contributed by atoms with Crippen LogP contribution < -0.4 is 10.1 Å². The van der Waals surface area contributed by atoms with Gasteiger partial charge in [0.25, 0.3) is 10.0 Å². The van der Waals surface area contributed by atoms with Crippen LogP contribution in [0.4, 0.5) is 5.69 Å². The number of ether oxygens (including phenoxy) is 1. The van der Waals surface area contributed by atoms with Gasteiger partial charge in [-0.1, -0.05) is 35.9 Å². The number of para-hydroxylation sites is 2. The third kappa shape index (κ3) is 3.02. The smallest absolute Gasteiger partial charge is 0.285 e. The van der Waals surface area contributed by atoms with E-state index in [2.05, 4.69) is 9.71 Å². The zero-order valence-electron chi connectivity index (χ0n) is 13.1. The van der Waals surface area contributed by atoms with Gasteiger partial charge in [-0.05, 0) is 36.8 Å². The predicted octanol–water partition coefficient (Wildman–Crippen LogP) is 3.93. The minimum atomic E-state index is -3.79. The maximum Gasteiger partial charge on any atom is 0.285 e. The molecule has 1 N–H and O–H groups in total. The molecule has 0 aromatic heterocycles. The van der Waals surface area contributed by atoms with Gasteiger partial charge in [0.05, 0.1) is 12.8 Å². The van der Waals surface area contributed by atoms with E-state index >= 15 is 0 Å². The van der Waals surface area contributed by atoms with Gasteiger partial charge in [-0.15, -0.1) is 4.40 Å². The zero-order chi connectivity index (χ0) is 17.3. The minimum absolute atomic E-state index is 0.155. The maximum atomic E-state index is 12.5. The molecule has 0 atom stereocenters. The fourth-order valence-electron chi connectivity index (χ4n) is 2.52. The number of methoxy groups -OCH3 is 1. The zero-order valence-corrected chi connectivity index (χ0v) is 14.6.